The predicted molar refractivity (Wildman–Crippen MR) is 91.9 cm³/mol. The van der Waals surface area contributed by atoms with E-state index in [9.17, 15) is 0 Å². The molecule has 0 saturated carbocycles. The molecule has 1 aliphatic heterocycles. The zero-order valence-electron chi connectivity index (χ0n) is 14.1. The van der Waals surface area contributed by atoms with Crippen LogP contribution in [0.1, 0.15) is 50.7 Å². The number of benzene rings is 1. The van der Waals surface area contributed by atoms with Gasteiger partial charge >= 0.3 is 0 Å². The first kappa shape index (κ1) is 16.5. The Hall–Kier alpha value is -0.860. The normalized spacial score (nSPS) is 18.8. The van der Waals surface area contributed by atoms with Gasteiger partial charge in [-0.05, 0) is 71.1 Å². The fourth-order valence-electron chi connectivity index (χ4n) is 3.38. The van der Waals surface area contributed by atoms with Crippen LogP contribution in [0.3, 0.4) is 0 Å². The predicted octanol–water partition coefficient (Wildman–Crippen LogP) is 3.78. The SMILES string of the molecule is CCCN1CCC(NC(C)CCc2cccc(C)c2)CC1. The third kappa shape index (κ3) is 5.80. The monoisotopic (exact) mass is 288 g/mol. The average Bonchev–Trinajstić information content (AvgIpc) is 2.48. The summed E-state index contributed by atoms with van der Waals surface area (Å²) in [6.45, 7) is 10.6. The molecule has 1 aromatic rings. The highest BCUT2D eigenvalue weighted by Gasteiger charge is 2.19. The summed E-state index contributed by atoms with van der Waals surface area (Å²) in [5.41, 5.74) is 2.85. The van der Waals surface area contributed by atoms with Gasteiger partial charge in [0.15, 0.2) is 0 Å². The largest absolute Gasteiger partial charge is 0.311 e. The lowest BCUT2D eigenvalue weighted by Crippen LogP contribution is -2.45. The first-order valence-electron chi connectivity index (χ1n) is 8.71. The quantitative estimate of drug-likeness (QED) is 0.821. The molecule has 0 aromatic heterocycles. The molecule has 1 unspecified atom stereocenters. The molecule has 0 aliphatic carbocycles. The van der Waals surface area contributed by atoms with E-state index >= 15 is 0 Å². The summed E-state index contributed by atoms with van der Waals surface area (Å²) in [6, 6.07) is 10.3. The third-order valence-corrected chi connectivity index (χ3v) is 4.60. The van der Waals surface area contributed by atoms with Crippen molar-refractivity contribution in [2.45, 2.75) is 65.0 Å². The number of hydrogen-bond acceptors (Lipinski definition) is 2. The summed E-state index contributed by atoms with van der Waals surface area (Å²) in [4.78, 5) is 2.61. The molecule has 0 spiro atoms. The number of aryl methyl sites for hydroxylation is 2. The van der Waals surface area contributed by atoms with E-state index in [1.807, 2.05) is 0 Å². The fourth-order valence-corrected chi connectivity index (χ4v) is 3.38. The van der Waals surface area contributed by atoms with Crippen LogP contribution in [0.4, 0.5) is 0 Å². The van der Waals surface area contributed by atoms with Crippen LogP contribution < -0.4 is 5.32 Å². The van der Waals surface area contributed by atoms with Gasteiger partial charge in [0.25, 0.3) is 0 Å². The Morgan fingerprint density at radius 2 is 2.05 bits per heavy atom. The molecule has 0 amide bonds. The molecule has 2 nitrogen and oxygen atoms in total. The van der Waals surface area contributed by atoms with Crippen LogP contribution >= 0.6 is 0 Å². The van der Waals surface area contributed by atoms with Crippen molar-refractivity contribution in [3.63, 3.8) is 0 Å². The third-order valence-electron chi connectivity index (χ3n) is 4.60. The van der Waals surface area contributed by atoms with Crippen molar-refractivity contribution in [2.75, 3.05) is 19.6 Å². The van der Waals surface area contributed by atoms with Crippen molar-refractivity contribution in [1.29, 1.82) is 0 Å². The molecule has 21 heavy (non-hydrogen) atoms. The van der Waals surface area contributed by atoms with Gasteiger partial charge in [-0.1, -0.05) is 36.8 Å². The van der Waals surface area contributed by atoms with Crippen LogP contribution in [-0.4, -0.2) is 36.6 Å². The standard InChI is InChI=1S/C19H32N2/c1-4-12-21-13-10-19(11-14-21)20-17(3)8-9-18-7-5-6-16(2)15-18/h5-7,15,17,19-20H,4,8-14H2,1-3H3. The summed E-state index contributed by atoms with van der Waals surface area (Å²) in [5, 5.41) is 3.84. The molecular weight excluding hydrogens is 256 g/mol. The van der Waals surface area contributed by atoms with Gasteiger partial charge in [0, 0.05) is 12.1 Å². The summed E-state index contributed by atoms with van der Waals surface area (Å²) >= 11 is 0. The molecule has 2 heteroatoms. The molecule has 1 saturated heterocycles. The smallest absolute Gasteiger partial charge is 0.00938 e. The van der Waals surface area contributed by atoms with E-state index in [1.165, 1.54) is 62.9 Å². The Morgan fingerprint density at radius 3 is 2.71 bits per heavy atom. The molecule has 118 valence electrons. The van der Waals surface area contributed by atoms with Crippen LogP contribution in [0, 0.1) is 6.92 Å². The van der Waals surface area contributed by atoms with E-state index in [0.29, 0.717) is 6.04 Å². The number of nitrogens with zero attached hydrogens (tertiary/aromatic N) is 1. The highest BCUT2D eigenvalue weighted by molar-refractivity contribution is 5.22. The molecule has 1 aromatic carbocycles. The van der Waals surface area contributed by atoms with E-state index in [2.05, 4.69) is 55.3 Å². The maximum atomic E-state index is 3.84. The van der Waals surface area contributed by atoms with Crippen LogP contribution in [0.5, 0.6) is 0 Å². The minimum atomic E-state index is 0.619. The number of rotatable bonds is 7. The second kappa shape index (κ2) is 8.55. The van der Waals surface area contributed by atoms with Gasteiger partial charge in [-0.25, -0.2) is 0 Å². The van der Waals surface area contributed by atoms with E-state index < -0.39 is 0 Å². The number of likely N-dealkylation sites (tertiary alicyclic amines) is 1. The Bertz CT molecular complexity index is 408. The molecule has 0 bridgehead atoms. The molecule has 2 rings (SSSR count). The van der Waals surface area contributed by atoms with Crippen LogP contribution in [0.25, 0.3) is 0 Å². The van der Waals surface area contributed by atoms with Crippen LogP contribution in [0.15, 0.2) is 24.3 Å². The fraction of sp³-hybridized carbons (Fsp3) is 0.684. The van der Waals surface area contributed by atoms with Gasteiger partial charge in [-0.2, -0.15) is 0 Å². The molecule has 0 radical (unpaired) electrons. The van der Waals surface area contributed by atoms with Crippen molar-refractivity contribution >= 4 is 0 Å². The van der Waals surface area contributed by atoms with Gasteiger partial charge in [0.1, 0.15) is 0 Å². The van der Waals surface area contributed by atoms with E-state index in [-0.39, 0.29) is 0 Å². The molecule has 1 heterocycles. The van der Waals surface area contributed by atoms with Crippen molar-refractivity contribution < 1.29 is 0 Å². The van der Waals surface area contributed by atoms with Gasteiger partial charge in [0.05, 0.1) is 0 Å². The van der Waals surface area contributed by atoms with Crippen molar-refractivity contribution in [1.82, 2.24) is 10.2 Å². The highest BCUT2D eigenvalue weighted by Crippen LogP contribution is 2.13. The molecule has 1 fully saturated rings. The minimum Gasteiger partial charge on any atom is -0.311 e. The van der Waals surface area contributed by atoms with Crippen LogP contribution in [0.2, 0.25) is 0 Å². The molecule has 1 N–H and O–H groups in total. The van der Waals surface area contributed by atoms with Gasteiger partial charge in [-0.3, -0.25) is 0 Å². The Kier molecular flexibility index (Phi) is 6.72. The number of piperidine rings is 1. The van der Waals surface area contributed by atoms with Crippen molar-refractivity contribution in [3.05, 3.63) is 35.4 Å². The maximum absolute atomic E-state index is 3.84. The lowest BCUT2D eigenvalue weighted by molar-refractivity contribution is 0.191. The first-order chi connectivity index (χ1) is 10.2. The zero-order chi connectivity index (χ0) is 15.1. The summed E-state index contributed by atoms with van der Waals surface area (Å²) in [7, 11) is 0. The zero-order valence-corrected chi connectivity index (χ0v) is 14.1. The second-order valence-electron chi connectivity index (χ2n) is 6.71. The molecule has 1 atom stereocenters. The number of hydrogen-bond donors (Lipinski definition) is 1. The number of nitrogens with one attached hydrogen (secondary N) is 1. The summed E-state index contributed by atoms with van der Waals surface area (Å²) < 4.78 is 0. The lowest BCUT2D eigenvalue weighted by atomic mass is 10.0. The molecule has 1 aliphatic rings. The van der Waals surface area contributed by atoms with E-state index in [0.717, 1.165) is 6.04 Å². The van der Waals surface area contributed by atoms with Gasteiger partial charge in [0.2, 0.25) is 0 Å². The van der Waals surface area contributed by atoms with Crippen molar-refractivity contribution in [3.8, 4) is 0 Å². The Morgan fingerprint density at radius 1 is 1.29 bits per heavy atom. The second-order valence-corrected chi connectivity index (χ2v) is 6.71. The Balaban J connectivity index is 1.67. The first-order valence-corrected chi connectivity index (χ1v) is 8.71. The topological polar surface area (TPSA) is 15.3 Å². The van der Waals surface area contributed by atoms with E-state index in [4.69, 9.17) is 0 Å². The summed E-state index contributed by atoms with van der Waals surface area (Å²) in [5.74, 6) is 0. The van der Waals surface area contributed by atoms with Crippen molar-refractivity contribution in [2.24, 2.45) is 0 Å². The van der Waals surface area contributed by atoms with E-state index in [1.54, 1.807) is 0 Å². The van der Waals surface area contributed by atoms with Crippen LogP contribution in [-0.2, 0) is 6.42 Å². The molecular formula is C19H32N2. The van der Waals surface area contributed by atoms with Gasteiger partial charge in [-0.15, -0.1) is 0 Å². The highest BCUT2D eigenvalue weighted by atomic mass is 15.1. The summed E-state index contributed by atoms with van der Waals surface area (Å²) in [6.07, 6.45) is 6.33. The average molecular weight is 288 g/mol. The maximum Gasteiger partial charge on any atom is 0.00938 e. The minimum absolute atomic E-state index is 0.619. The lowest BCUT2D eigenvalue weighted by Gasteiger charge is -2.33. The van der Waals surface area contributed by atoms with Gasteiger partial charge < -0.3 is 10.2 Å². The Labute approximate surface area is 130 Å².